The molecule has 0 bridgehead atoms. The van der Waals surface area contributed by atoms with Gasteiger partial charge in [-0.2, -0.15) is 3.71 Å². The molecule has 13 heavy (non-hydrogen) atoms. The van der Waals surface area contributed by atoms with Crippen LogP contribution in [0.3, 0.4) is 0 Å². The number of thiol groups is 2. The molecule has 0 heterocycles. The molecule has 0 radical (unpaired) electrons. The molecule has 1 amide bonds. The zero-order valence-electron chi connectivity index (χ0n) is 6.77. The fourth-order valence-corrected chi connectivity index (χ4v) is 1.47. The fourth-order valence-electron chi connectivity index (χ4n) is 1.37. The minimum absolute atomic E-state index is 0. The Balaban J connectivity index is 0.00000144. The summed E-state index contributed by atoms with van der Waals surface area (Å²) in [5.74, 6) is 0. The first kappa shape index (κ1) is 14.0. The van der Waals surface area contributed by atoms with E-state index in [4.69, 9.17) is 4.74 Å². The molecule has 0 N–H and O–H groups in total. The standard InChI is InChI=1S/C7H13NO2S2.Na.H/c9-7(8(11)12)10-6-4-2-1-3-5-6;;/h6,11-12H,1-5H2;;. The number of carbonyl (C=O) groups excluding carboxylic acids is 1. The Bertz CT molecular complexity index is 163. The van der Waals surface area contributed by atoms with Crippen molar-refractivity contribution in [1.29, 1.82) is 0 Å². The zero-order chi connectivity index (χ0) is 8.97. The summed E-state index contributed by atoms with van der Waals surface area (Å²) in [7, 11) is 0. The van der Waals surface area contributed by atoms with Crippen molar-refractivity contribution in [2.45, 2.75) is 38.2 Å². The first-order valence-corrected chi connectivity index (χ1v) is 4.88. The van der Waals surface area contributed by atoms with Crippen LogP contribution >= 0.6 is 25.6 Å². The third-order valence-corrected chi connectivity index (χ3v) is 2.31. The van der Waals surface area contributed by atoms with E-state index < -0.39 is 6.09 Å². The van der Waals surface area contributed by atoms with Gasteiger partial charge >= 0.3 is 35.7 Å². The molecular formula is C7H14NNaO2S2. The monoisotopic (exact) mass is 231 g/mol. The van der Waals surface area contributed by atoms with Gasteiger partial charge in [-0.1, -0.05) is 6.42 Å². The molecule has 0 atom stereocenters. The molecule has 3 nitrogen and oxygen atoms in total. The summed E-state index contributed by atoms with van der Waals surface area (Å²) in [5, 5.41) is 0. The van der Waals surface area contributed by atoms with Crippen LogP contribution in [0.2, 0.25) is 0 Å². The average molecular weight is 231 g/mol. The molecule has 0 unspecified atom stereocenters. The molecular weight excluding hydrogens is 217 g/mol. The van der Waals surface area contributed by atoms with E-state index in [0.29, 0.717) is 0 Å². The Morgan fingerprint density at radius 3 is 2.23 bits per heavy atom. The van der Waals surface area contributed by atoms with Crippen LogP contribution in [0.15, 0.2) is 0 Å². The van der Waals surface area contributed by atoms with Crippen molar-refractivity contribution in [3.63, 3.8) is 0 Å². The number of rotatable bonds is 1. The Hall–Kier alpha value is 0.970. The number of hydrogen-bond donors (Lipinski definition) is 2. The van der Waals surface area contributed by atoms with Gasteiger partial charge in [0.2, 0.25) is 0 Å². The second-order valence-electron chi connectivity index (χ2n) is 2.93. The van der Waals surface area contributed by atoms with E-state index in [1.165, 1.54) is 6.42 Å². The first-order chi connectivity index (χ1) is 5.70. The number of hydrogen-bond acceptors (Lipinski definition) is 4. The predicted octanol–water partition coefficient (Wildman–Crippen LogP) is 1.80. The van der Waals surface area contributed by atoms with Gasteiger partial charge in [0, 0.05) is 0 Å². The van der Waals surface area contributed by atoms with Crippen LogP contribution < -0.4 is 0 Å². The molecule has 1 aliphatic carbocycles. The molecule has 1 aliphatic rings. The van der Waals surface area contributed by atoms with E-state index >= 15 is 0 Å². The summed E-state index contributed by atoms with van der Waals surface area (Å²) in [6.45, 7) is 0. The molecule has 0 aromatic carbocycles. The van der Waals surface area contributed by atoms with E-state index in [1.807, 2.05) is 0 Å². The van der Waals surface area contributed by atoms with Crippen molar-refractivity contribution in [2.24, 2.45) is 0 Å². The van der Waals surface area contributed by atoms with E-state index in [0.717, 1.165) is 29.4 Å². The summed E-state index contributed by atoms with van der Waals surface area (Å²) in [4.78, 5) is 11.0. The average Bonchev–Trinajstić information content (AvgIpc) is 2.06. The van der Waals surface area contributed by atoms with Crippen LogP contribution in [0.1, 0.15) is 32.1 Å². The second kappa shape index (κ2) is 7.29. The Morgan fingerprint density at radius 2 is 1.77 bits per heavy atom. The van der Waals surface area contributed by atoms with Gasteiger partial charge in [-0.05, 0) is 51.3 Å². The maximum atomic E-state index is 11.0. The van der Waals surface area contributed by atoms with Gasteiger partial charge in [-0.15, -0.1) is 0 Å². The Kier molecular flexibility index (Phi) is 7.83. The summed E-state index contributed by atoms with van der Waals surface area (Å²) in [6.07, 6.45) is 5.09. The van der Waals surface area contributed by atoms with Crippen molar-refractivity contribution in [3.05, 3.63) is 0 Å². The molecule has 0 aliphatic heterocycles. The maximum absolute atomic E-state index is 11.0. The number of ether oxygens (including phenoxy) is 1. The summed E-state index contributed by atoms with van der Waals surface area (Å²) in [5.41, 5.74) is 0. The van der Waals surface area contributed by atoms with Crippen LogP contribution in [-0.2, 0) is 4.74 Å². The molecule has 0 spiro atoms. The third-order valence-electron chi connectivity index (χ3n) is 1.98. The minimum atomic E-state index is -0.478. The second-order valence-corrected chi connectivity index (χ2v) is 4.05. The van der Waals surface area contributed by atoms with Crippen molar-refractivity contribution in [2.75, 3.05) is 0 Å². The topological polar surface area (TPSA) is 29.5 Å². The van der Waals surface area contributed by atoms with Crippen LogP contribution in [0.25, 0.3) is 0 Å². The number of amides is 1. The van der Waals surface area contributed by atoms with Gasteiger partial charge in [0.05, 0.1) is 0 Å². The summed E-state index contributed by atoms with van der Waals surface area (Å²) in [6, 6.07) is 0. The van der Waals surface area contributed by atoms with Crippen LogP contribution in [-0.4, -0.2) is 45.5 Å². The van der Waals surface area contributed by atoms with Crippen molar-refractivity contribution >= 4 is 61.3 Å². The normalized spacial score (nSPS) is 17.4. The molecule has 0 aromatic heterocycles. The Labute approximate surface area is 112 Å². The fraction of sp³-hybridized carbons (Fsp3) is 0.857. The molecule has 1 saturated carbocycles. The van der Waals surface area contributed by atoms with Gasteiger partial charge in [-0.3, -0.25) is 0 Å². The van der Waals surface area contributed by atoms with Crippen LogP contribution in [0.5, 0.6) is 0 Å². The van der Waals surface area contributed by atoms with Crippen LogP contribution in [0.4, 0.5) is 4.79 Å². The first-order valence-electron chi connectivity index (χ1n) is 4.08. The van der Waals surface area contributed by atoms with E-state index in [1.54, 1.807) is 0 Å². The van der Waals surface area contributed by atoms with E-state index in [9.17, 15) is 4.79 Å². The third kappa shape index (κ3) is 5.42. The van der Waals surface area contributed by atoms with Crippen molar-refractivity contribution in [3.8, 4) is 0 Å². The molecule has 72 valence electrons. The van der Waals surface area contributed by atoms with Gasteiger partial charge < -0.3 is 4.74 Å². The number of nitrogens with zero attached hydrogens (tertiary/aromatic N) is 1. The molecule has 6 heteroatoms. The molecule has 1 rings (SSSR count). The summed E-state index contributed by atoms with van der Waals surface area (Å²) >= 11 is 7.43. The zero-order valence-corrected chi connectivity index (χ0v) is 8.56. The number of carbonyl (C=O) groups is 1. The van der Waals surface area contributed by atoms with Crippen molar-refractivity contribution < 1.29 is 9.53 Å². The van der Waals surface area contributed by atoms with Gasteiger partial charge in [-0.25, -0.2) is 4.79 Å². The van der Waals surface area contributed by atoms with Gasteiger partial charge in [0.15, 0.2) is 0 Å². The predicted molar refractivity (Wildman–Crippen MR) is 60.3 cm³/mol. The molecule has 1 fully saturated rings. The van der Waals surface area contributed by atoms with Gasteiger partial charge in [0.1, 0.15) is 6.10 Å². The molecule has 0 aromatic rings. The Morgan fingerprint density at radius 1 is 1.23 bits per heavy atom. The van der Waals surface area contributed by atoms with Crippen molar-refractivity contribution in [1.82, 2.24) is 3.71 Å². The van der Waals surface area contributed by atoms with E-state index in [-0.39, 0.29) is 35.7 Å². The van der Waals surface area contributed by atoms with E-state index in [2.05, 4.69) is 25.6 Å². The van der Waals surface area contributed by atoms with Gasteiger partial charge in [0.25, 0.3) is 0 Å². The SMILES string of the molecule is O=C(OC1CCCCC1)N(S)S.[NaH]. The molecule has 0 saturated heterocycles. The van der Waals surface area contributed by atoms with Crippen LogP contribution in [0, 0.1) is 0 Å². The summed E-state index contributed by atoms with van der Waals surface area (Å²) < 4.78 is 5.96. The quantitative estimate of drug-likeness (QED) is 0.532.